The van der Waals surface area contributed by atoms with E-state index < -0.39 is 27.4 Å². The molecule has 4 aliphatic rings. The molecule has 1 unspecified atom stereocenters. The zero-order chi connectivity index (χ0) is 26.5. The van der Waals surface area contributed by atoms with E-state index in [4.69, 9.17) is 4.74 Å². The Balaban J connectivity index is 1.46. The molecular weight excluding hydrogens is 500 g/mol. The zero-order valence-electron chi connectivity index (χ0n) is 21.4. The van der Waals surface area contributed by atoms with E-state index in [1.54, 1.807) is 4.90 Å². The minimum absolute atomic E-state index is 0.0295. The van der Waals surface area contributed by atoms with Crippen LogP contribution < -0.4 is 4.90 Å². The van der Waals surface area contributed by atoms with Gasteiger partial charge in [0.1, 0.15) is 6.04 Å². The van der Waals surface area contributed by atoms with Gasteiger partial charge in [0.25, 0.3) is 5.91 Å². The van der Waals surface area contributed by atoms with Crippen LogP contribution in [-0.4, -0.2) is 69.6 Å². The minimum Gasteiger partial charge on any atom is -0.465 e. The van der Waals surface area contributed by atoms with Crippen LogP contribution in [0, 0.1) is 11.8 Å². The first-order chi connectivity index (χ1) is 18.4. The summed E-state index contributed by atoms with van der Waals surface area (Å²) in [5.41, 5.74) is 0.753. The molecule has 1 spiro atoms. The molecule has 2 aromatic carbocycles. The maximum absolute atomic E-state index is 14.4. The summed E-state index contributed by atoms with van der Waals surface area (Å²) in [6.45, 7) is 2.42. The molecule has 198 valence electrons. The molecule has 4 heterocycles. The van der Waals surface area contributed by atoms with Crippen molar-refractivity contribution in [3.05, 3.63) is 66.8 Å². The fraction of sp³-hybridized carbons (Fsp3) is 0.433. The van der Waals surface area contributed by atoms with Gasteiger partial charge in [-0.15, -0.1) is 11.8 Å². The summed E-state index contributed by atoms with van der Waals surface area (Å²) in [7, 11) is 0. The first-order valence-corrected chi connectivity index (χ1v) is 14.1. The normalized spacial score (nSPS) is 33.9. The average molecular weight is 533 g/mol. The van der Waals surface area contributed by atoms with Crippen LogP contribution in [0.3, 0.4) is 0 Å². The molecule has 0 bridgehead atoms. The number of amides is 2. The number of allylic oxidation sites excluding steroid dienone is 1. The lowest BCUT2D eigenvalue weighted by atomic mass is 9.74. The number of hydrogen-bond donors (Lipinski definition) is 1. The smallest absolute Gasteiger partial charge is 0.311 e. The average Bonchev–Trinajstić information content (AvgIpc) is 3.23. The van der Waals surface area contributed by atoms with Gasteiger partial charge in [0.15, 0.2) is 0 Å². The number of rotatable bonds is 3. The lowest BCUT2D eigenvalue weighted by Gasteiger charge is -2.36. The number of thioether (sulfide) groups is 1. The summed E-state index contributed by atoms with van der Waals surface area (Å²) in [5.74, 6) is -2.35. The van der Waals surface area contributed by atoms with Gasteiger partial charge in [0.05, 0.1) is 29.8 Å². The molecule has 2 fully saturated rings. The molecule has 8 heteroatoms. The number of nitrogens with zero attached hydrogens (tertiary/aromatic N) is 2. The third kappa shape index (κ3) is 3.80. The van der Waals surface area contributed by atoms with E-state index in [1.807, 2.05) is 67.6 Å². The van der Waals surface area contributed by atoms with E-state index in [9.17, 15) is 19.5 Å². The standard InChI is InChI=1S/C30H32N2O5S/c1-29-13-6-2-3-7-18-37-28(36)24(29)23-26(34)32(16-17-33)25-27(35)31(15-8-14-30(23,25)38-29)22-12-11-20-9-4-5-10-21(20)19-22/h4-6,8-14,19,23-25,33H,2-3,7,15-18H2,1H3/b13-6-/t23-,24+,25?,29-,30-/m0/s1. The van der Waals surface area contributed by atoms with Gasteiger partial charge in [-0.2, -0.15) is 0 Å². The monoisotopic (exact) mass is 532 g/mol. The summed E-state index contributed by atoms with van der Waals surface area (Å²) in [6.07, 6.45) is 10.7. The van der Waals surface area contributed by atoms with Gasteiger partial charge < -0.3 is 19.6 Å². The molecule has 2 saturated heterocycles. The number of fused-ring (bicyclic) bond motifs is 3. The molecule has 6 rings (SSSR count). The van der Waals surface area contributed by atoms with Gasteiger partial charge in [-0.3, -0.25) is 14.4 Å². The van der Waals surface area contributed by atoms with E-state index in [0.717, 1.165) is 35.7 Å². The highest BCUT2D eigenvalue weighted by molar-refractivity contribution is 8.02. The Morgan fingerprint density at radius 2 is 1.82 bits per heavy atom. The fourth-order valence-corrected chi connectivity index (χ4v) is 8.87. The molecule has 1 N–H and O–H groups in total. The first kappa shape index (κ1) is 25.2. The summed E-state index contributed by atoms with van der Waals surface area (Å²) >= 11 is 1.53. The summed E-state index contributed by atoms with van der Waals surface area (Å²) in [6, 6.07) is 13.1. The number of esters is 1. The minimum atomic E-state index is -0.953. The Kier molecular flexibility index (Phi) is 6.35. The van der Waals surface area contributed by atoms with Crippen molar-refractivity contribution in [2.45, 2.75) is 41.7 Å². The molecule has 0 radical (unpaired) electrons. The molecule has 0 aromatic heterocycles. The van der Waals surface area contributed by atoms with E-state index >= 15 is 0 Å². The number of β-amino-alcohol motifs (C(OH)–C–C–N with tert-alkyl or cyclic N) is 1. The molecule has 4 aliphatic heterocycles. The number of benzene rings is 2. The molecule has 5 atom stereocenters. The molecule has 2 aromatic rings. The van der Waals surface area contributed by atoms with Crippen LogP contribution in [0.5, 0.6) is 0 Å². The van der Waals surface area contributed by atoms with Crippen LogP contribution in [0.4, 0.5) is 5.69 Å². The molecule has 7 nitrogen and oxygen atoms in total. The Morgan fingerprint density at radius 3 is 2.63 bits per heavy atom. The Labute approximate surface area is 226 Å². The lowest BCUT2D eigenvalue weighted by Crippen LogP contribution is -2.54. The number of hydrogen-bond acceptors (Lipinski definition) is 6. The summed E-state index contributed by atoms with van der Waals surface area (Å²) in [5, 5.41) is 12.0. The molecule has 38 heavy (non-hydrogen) atoms. The Morgan fingerprint density at radius 1 is 1.00 bits per heavy atom. The van der Waals surface area contributed by atoms with Gasteiger partial charge in [0, 0.05) is 23.5 Å². The Bertz CT molecular complexity index is 1360. The molecule has 0 aliphatic carbocycles. The number of aliphatic hydroxyl groups excluding tert-OH is 1. The van der Waals surface area contributed by atoms with Crippen molar-refractivity contribution in [1.82, 2.24) is 4.90 Å². The van der Waals surface area contributed by atoms with E-state index in [-0.39, 0.29) is 30.9 Å². The second-order valence-electron chi connectivity index (χ2n) is 10.7. The largest absolute Gasteiger partial charge is 0.465 e. The van der Waals surface area contributed by atoms with Crippen LogP contribution in [0.25, 0.3) is 10.8 Å². The van der Waals surface area contributed by atoms with Gasteiger partial charge >= 0.3 is 5.97 Å². The van der Waals surface area contributed by atoms with Crippen molar-refractivity contribution in [2.24, 2.45) is 11.8 Å². The van der Waals surface area contributed by atoms with E-state index in [1.165, 1.54) is 16.7 Å². The maximum Gasteiger partial charge on any atom is 0.311 e. The molecule has 0 saturated carbocycles. The summed E-state index contributed by atoms with van der Waals surface area (Å²) in [4.78, 5) is 45.2. The summed E-state index contributed by atoms with van der Waals surface area (Å²) < 4.78 is 4.03. The number of carbonyl (C=O) groups is 3. The highest BCUT2D eigenvalue weighted by Crippen LogP contribution is 2.65. The van der Waals surface area contributed by atoms with Crippen LogP contribution in [-0.2, 0) is 19.1 Å². The number of aliphatic hydroxyl groups is 1. The molecular formula is C30H32N2O5S. The second-order valence-corrected chi connectivity index (χ2v) is 12.5. The van der Waals surface area contributed by atoms with Crippen molar-refractivity contribution in [2.75, 3.05) is 31.2 Å². The zero-order valence-corrected chi connectivity index (χ0v) is 22.2. The van der Waals surface area contributed by atoms with Gasteiger partial charge in [-0.05, 0) is 49.1 Å². The van der Waals surface area contributed by atoms with Crippen molar-refractivity contribution in [3.8, 4) is 0 Å². The second kappa shape index (κ2) is 9.58. The van der Waals surface area contributed by atoms with Crippen LogP contribution in [0.2, 0.25) is 0 Å². The lowest BCUT2D eigenvalue weighted by molar-refractivity contribution is -0.154. The van der Waals surface area contributed by atoms with E-state index in [0.29, 0.717) is 13.2 Å². The Hall–Kier alpha value is -3.10. The first-order valence-electron chi connectivity index (χ1n) is 13.3. The number of anilines is 1. The van der Waals surface area contributed by atoms with Gasteiger partial charge in [-0.1, -0.05) is 54.6 Å². The SMILES string of the molecule is C[C@]12/C=C\CCCCOC(=O)[C@H]1[C@H]1C(=O)N(CCO)C3C(=O)N(c4ccc5ccccc5c4)CC=C[C@@]31S2. The third-order valence-electron chi connectivity index (χ3n) is 8.39. The predicted molar refractivity (Wildman–Crippen MR) is 148 cm³/mol. The number of likely N-dealkylation sites (tertiary alicyclic amines) is 1. The number of cyclic esters (lactones) is 1. The van der Waals surface area contributed by atoms with Crippen LogP contribution in [0.1, 0.15) is 26.2 Å². The number of ether oxygens (including phenoxy) is 1. The predicted octanol–water partition coefficient (Wildman–Crippen LogP) is 3.71. The maximum atomic E-state index is 14.4. The van der Waals surface area contributed by atoms with Crippen molar-refractivity contribution < 1.29 is 24.2 Å². The molecule has 2 amide bonds. The van der Waals surface area contributed by atoms with Crippen LogP contribution in [0.15, 0.2) is 66.8 Å². The third-order valence-corrected chi connectivity index (χ3v) is 10.2. The highest BCUT2D eigenvalue weighted by Gasteiger charge is 2.73. The van der Waals surface area contributed by atoms with Crippen molar-refractivity contribution in [3.63, 3.8) is 0 Å². The topological polar surface area (TPSA) is 87.1 Å². The van der Waals surface area contributed by atoms with Crippen molar-refractivity contribution in [1.29, 1.82) is 0 Å². The highest BCUT2D eigenvalue weighted by atomic mass is 32.2. The van der Waals surface area contributed by atoms with Gasteiger partial charge in [-0.25, -0.2) is 0 Å². The van der Waals surface area contributed by atoms with E-state index in [2.05, 4.69) is 6.08 Å². The van der Waals surface area contributed by atoms with Crippen LogP contribution >= 0.6 is 11.8 Å². The fourth-order valence-electron chi connectivity index (χ4n) is 6.72. The quantitative estimate of drug-likeness (QED) is 0.479. The number of carbonyl (C=O) groups excluding carboxylic acids is 3. The van der Waals surface area contributed by atoms with Gasteiger partial charge in [0.2, 0.25) is 5.91 Å². The van der Waals surface area contributed by atoms with Crippen molar-refractivity contribution >= 4 is 46.0 Å².